The average molecular weight is 442 g/mol. The van der Waals surface area contributed by atoms with E-state index in [4.69, 9.17) is 10.5 Å². The van der Waals surface area contributed by atoms with Crippen molar-refractivity contribution in [3.8, 4) is 5.75 Å². The van der Waals surface area contributed by atoms with E-state index in [2.05, 4.69) is 37.2 Å². The number of nitrogens with one attached hydrogen (secondary N) is 1. The highest BCUT2D eigenvalue weighted by atomic mass is 79.9. The first kappa shape index (κ1) is 17.8. The highest BCUT2D eigenvalue weighted by Crippen LogP contribution is 2.41. The van der Waals surface area contributed by atoms with Gasteiger partial charge in [-0.2, -0.15) is 0 Å². The molecule has 0 saturated carbocycles. The van der Waals surface area contributed by atoms with E-state index in [0.29, 0.717) is 17.0 Å². The number of hydrogen-bond donors (Lipinski definition) is 2. The Bertz CT molecular complexity index is 761. The van der Waals surface area contributed by atoms with E-state index in [1.807, 2.05) is 19.9 Å². The molecule has 2 aromatic carbocycles. The molecule has 23 heavy (non-hydrogen) atoms. The third-order valence-corrected chi connectivity index (χ3v) is 5.62. The van der Waals surface area contributed by atoms with E-state index in [9.17, 15) is 4.79 Å². The Labute approximate surface area is 152 Å². The third kappa shape index (κ3) is 3.38. The number of halogens is 2. The van der Waals surface area contributed by atoms with E-state index in [1.165, 1.54) is 0 Å². The molecule has 0 spiro atoms. The van der Waals surface area contributed by atoms with Crippen LogP contribution >= 0.6 is 31.9 Å². The quantitative estimate of drug-likeness (QED) is 0.661. The number of amides is 1. The number of para-hydroxylation sites is 1. The summed E-state index contributed by atoms with van der Waals surface area (Å²) in [5, 5.41) is 3.00. The maximum absolute atomic E-state index is 12.7. The fourth-order valence-corrected chi connectivity index (χ4v) is 3.76. The van der Waals surface area contributed by atoms with Crippen molar-refractivity contribution < 1.29 is 9.53 Å². The summed E-state index contributed by atoms with van der Waals surface area (Å²) in [6.45, 7) is 3.94. The van der Waals surface area contributed by atoms with Crippen molar-refractivity contribution in [2.45, 2.75) is 20.3 Å². The summed E-state index contributed by atoms with van der Waals surface area (Å²) in [6, 6.07) is 7.13. The Balaban J connectivity index is 2.50. The maximum atomic E-state index is 12.7. The standard InChI is InChI=1S/C17H18Br2N2O2/c1-4-10-14(19)15(20)13(18)9(2)16(10)21-17(22)11-7-5-6-8-12(11)23-3/h5-8H,4,20H2,1-3H3,(H,21,22). The molecular weight excluding hydrogens is 424 g/mol. The molecule has 3 N–H and O–H groups in total. The SMILES string of the molecule is CCc1c(Br)c(N)c(Br)c(C)c1NC(=O)c1ccccc1OC. The highest BCUT2D eigenvalue weighted by molar-refractivity contribution is 9.11. The fraction of sp³-hybridized carbons (Fsp3) is 0.235. The van der Waals surface area contributed by atoms with Crippen molar-refractivity contribution >= 4 is 49.1 Å². The van der Waals surface area contributed by atoms with Crippen LogP contribution in [0.4, 0.5) is 11.4 Å². The number of nitrogens with two attached hydrogens (primary N) is 1. The Morgan fingerprint density at radius 2 is 1.91 bits per heavy atom. The summed E-state index contributed by atoms with van der Waals surface area (Å²) in [4.78, 5) is 12.7. The van der Waals surface area contributed by atoms with E-state index < -0.39 is 0 Å². The topological polar surface area (TPSA) is 64.3 Å². The number of ether oxygens (including phenoxy) is 1. The summed E-state index contributed by atoms with van der Waals surface area (Å²) in [5.74, 6) is 0.318. The molecular formula is C17H18Br2N2O2. The summed E-state index contributed by atoms with van der Waals surface area (Å²) in [6.07, 6.45) is 0.737. The largest absolute Gasteiger partial charge is 0.496 e. The molecule has 2 rings (SSSR count). The molecule has 0 fully saturated rings. The third-order valence-electron chi connectivity index (χ3n) is 3.69. The van der Waals surface area contributed by atoms with Gasteiger partial charge in [0.15, 0.2) is 0 Å². The number of anilines is 2. The zero-order valence-electron chi connectivity index (χ0n) is 13.2. The van der Waals surface area contributed by atoms with Gasteiger partial charge in [0.2, 0.25) is 0 Å². The van der Waals surface area contributed by atoms with Gasteiger partial charge in [0.1, 0.15) is 5.75 Å². The molecule has 0 atom stereocenters. The van der Waals surface area contributed by atoms with Crippen molar-refractivity contribution in [2.24, 2.45) is 0 Å². The molecule has 0 aliphatic rings. The van der Waals surface area contributed by atoms with Crippen LogP contribution in [0.5, 0.6) is 5.75 Å². The van der Waals surface area contributed by atoms with Crippen LogP contribution < -0.4 is 15.8 Å². The van der Waals surface area contributed by atoms with E-state index in [0.717, 1.165) is 32.2 Å². The fourth-order valence-electron chi connectivity index (χ4n) is 2.42. The van der Waals surface area contributed by atoms with Crippen molar-refractivity contribution in [1.29, 1.82) is 0 Å². The lowest BCUT2D eigenvalue weighted by Gasteiger charge is -2.19. The van der Waals surface area contributed by atoms with Gasteiger partial charge in [0.25, 0.3) is 5.91 Å². The van der Waals surface area contributed by atoms with Gasteiger partial charge in [-0.1, -0.05) is 19.1 Å². The van der Waals surface area contributed by atoms with E-state index in [-0.39, 0.29) is 5.91 Å². The molecule has 2 aromatic rings. The molecule has 0 heterocycles. The van der Waals surface area contributed by atoms with Crippen LogP contribution in [-0.2, 0) is 6.42 Å². The van der Waals surface area contributed by atoms with Crippen LogP contribution in [0, 0.1) is 6.92 Å². The first-order chi connectivity index (χ1) is 10.9. The van der Waals surface area contributed by atoms with Crippen LogP contribution in [-0.4, -0.2) is 13.0 Å². The van der Waals surface area contributed by atoms with Gasteiger partial charge in [0.05, 0.1) is 18.4 Å². The molecule has 6 heteroatoms. The molecule has 1 amide bonds. The van der Waals surface area contributed by atoms with Crippen LogP contribution in [0.15, 0.2) is 33.2 Å². The number of rotatable bonds is 4. The monoisotopic (exact) mass is 440 g/mol. The first-order valence-corrected chi connectivity index (χ1v) is 8.71. The number of methoxy groups -OCH3 is 1. The number of carbonyl (C=O) groups is 1. The second-order valence-electron chi connectivity index (χ2n) is 5.03. The molecule has 122 valence electrons. The summed E-state index contributed by atoms with van der Waals surface area (Å²) >= 11 is 7.01. The number of nitrogen functional groups attached to an aromatic ring is 1. The lowest BCUT2D eigenvalue weighted by atomic mass is 10.0. The molecule has 0 aliphatic heterocycles. The summed E-state index contributed by atoms with van der Waals surface area (Å²) < 4.78 is 6.83. The van der Waals surface area contributed by atoms with Gasteiger partial charge >= 0.3 is 0 Å². The minimum absolute atomic E-state index is 0.219. The minimum Gasteiger partial charge on any atom is -0.496 e. The van der Waals surface area contributed by atoms with Gasteiger partial charge < -0.3 is 15.8 Å². The summed E-state index contributed by atoms with van der Waals surface area (Å²) in [5.41, 5.74) is 9.83. The van der Waals surface area contributed by atoms with Crippen molar-refractivity contribution in [3.63, 3.8) is 0 Å². The van der Waals surface area contributed by atoms with Gasteiger partial charge in [-0.25, -0.2) is 0 Å². The Morgan fingerprint density at radius 3 is 2.52 bits per heavy atom. The lowest BCUT2D eigenvalue weighted by Crippen LogP contribution is -2.16. The normalized spacial score (nSPS) is 10.5. The molecule has 0 aliphatic carbocycles. The molecule has 0 unspecified atom stereocenters. The van der Waals surface area contributed by atoms with Crippen LogP contribution in [0.25, 0.3) is 0 Å². The first-order valence-electron chi connectivity index (χ1n) is 7.12. The van der Waals surface area contributed by atoms with Gasteiger partial charge in [-0.3, -0.25) is 4.79 Å². The minimum atomic E-state index is -0.219. The number of benzene rings is 2. The van der Waals surface area contributed by atoms with Crippen LogP contribution in [0.3, 0.4) is 0 Å². The smallest absolute Gasteiger partial charge is 0.259 e. The van der Waals surface area contributed by atoms with Crippen molar-refractivity contribution in [3.05, 3.63) is 49.9 Å². The Kier molecular flexibility index (Phi) is 5.70. The molecule has 4 nitrogen and oxygen atoms in total. The predicted molar refractivity (Wildman–Crippen MR) is 101 cm³/mol. The van der Waals surface area contributed by atoms with Crippen molar-refractivity contribution in [1.82, 2.24) is 0 Å². The predicted octanol–water partition coefficient (Wildman–Crippen LogP) is 4.93. The van der Waals surface area contributed by atoms with Crippen molar-refractivity contribution in [2.75, 3.05) is 18.2 Å². The Hall–Kier alpha value is -1.53. The zero-order chi connectivity index (χ0) is 17.1. The van der Waals surface area contributed by atoms with Gasteiger partial charge in [-0.15, -0.1) is 0 Å². The van der Waals surface area contributed by atoms with Crippen LogP contribution in [0.1, 0.15) is 28.4 Å². The highest BCUT2D eigenvalue weighted by Gasteiger charge is 2.20. The second kappa shape index (κ2) is 7.36. The van der Waals surface area contributed by atoms with E-state index in [1.54, 1.807) is 25.3 Å². The molecule has 0 bridgehead atoms. The zero-order valence-corrected chi connectivity index (χ0v) is 16.3. The van der Waals surface area contributed by atoms with Gasteiger partial charge in [0, 0.05) is 14.6 Å². The lowest BCUT2D eigenvalue weighted by molar-refractivity contribution is 0.102. The van der Waals surface area contributed by atoms with E-state index >= 15 is 0 Å². The molecule has 0 radical (unpaired) electrons. The number of carbonyl (C=O) groups excluding carboxylic acids is 1. The second-order valence-corrected chi connectivity index (χ2v) is 6.61. The molecule has 0 aromatic heterocycles. The maximum Gasteiger partial charge on any atom is 0.259 e. The molecule has 0 saturated heterocycles. The Morgan fingerprint density at radius 1 is 1.26 bits per heavy atom. The summed E-state index contributed by atoms with van der Waals surface area (Å²) in [7, 11) is 1.55. The van der Waals surface area contributed by atoms with Crippen LogP contribution in [0.2, 0.25) is 0 Å². The average Bonchev–Trinajstić information content (AvgIpc) is 2.57. The van der Waals surface area contributed by atoms with Gasteiger partial charge in [-0.05, 0) is 68.5 Å². The number of hydrogen-bond acceptors (Lipinski definition) is 3.